The summed E-state index contributed by atoms with van der Waals surface area (Å²) in [5.41, 5.74) is 4.50. The second-order valence-corrected chi connectivity index (χ2v) is 10.3. The molecule has 1 saturated heterocycles. The summed E-state index contributed by atoms with van der Waals surface area (Å²) in [6.45, 7) is 6.95. The van der Waals surface area contributed by atoms with E-state index in [1.165, 1.54) is 47.1 Å². The predicted octanol–water partition coefficient (Wildman–Crippen LogP) is 3.75. The third-order valence-corrected chi connectivity index (χ3v) is 6.64. The van der Waals surface area contributed by atoms with Gasteiger partial charge in [-0.15, -0.1) is 0 Å². The lowest BCUT2D eigenvalue weighted by molar-refractivity contribution is 0.110. The average molecular weight is 435 g/mol. The summed E-state index contributed by atoms with van der Waals surface area (Å²) in [5.74, 6) is 0. The molecule has 0 aromatic heterocycles. The normalized spacial score (nSPS) is 20.1. The summed E-state index contributed by atoms with van der Waals surface area (Å²) in [7, 11) is -1.43. The van der Waals surface area contributed by atoms with Crippen molar-refractivity contribution < 1.29 is 13.0 Å². The Balaban J connectivity index is 0.000000431. The van der Waals surface area contributed by atoms with Gasteiger partial charge in [-0.2, -0.15) is 8.42 Å². The maximum absolute atomic E-state index is 9.19. The van der Waals surface area contributed by atoms with Crippen molar-refractivity contribution in [1.82, 2.24) is 9.80 Å². The van der Waals surface area contributed by atoms with Crippen LogP contribution < -0.4 is 0 Å². The summed E-state index contributed by atoms with van der Waals surface area (Å²) >= 11 is 1.95. The minimum atomic E-state index is -3.67. The zero-order chi connectivity index (χ0) is 21.0. The molecule has 5 nitrogen and oxygen atoms in total. The highest BCUT2D eigenvalue weighted by molar-refractivity contribution is 7.99. The molecule has 158 valence electrons. The topological polar surface area (TPSA) is 60.9 Å². The van der Waals surface area contributed by atoms with Gasteiger partial charge in [0.15, 0.2) is 0 Å². The zero-order valence-corrected chi connectivity index (χ0v) is 19.0. The van der Waals surface area contributed by atoms with Crippen LogP contribution in [0.2, 0.25) is 0 Å². The van der Waals surface area contributed by atoms with Crippen LogP contribution in [0.4, 0.5) is 0 Å². The van der Waals surface area contributed by atoms with Crippen LogP contribution in [0.1, 0.15) is 29.7 Å². The van der Waals surface area contributed by atoms with Crippen molar-refractivity contribution >= 4 is 21.9 Å². The molecule has 1 unspecified atom stereocenters. The third kappa shape index (κ3) is 6.30. The minimum absolute atomic E-state index is 0.511. The first kappa shape index (κ1) is 22.3. The van der Waals surface area contributed by atoms with Crippen molar-refractivity contribution in [1.29, 1.82) is 0 Å². The number of aryl methyl sites for hydroxylation is 1. The SMILES string of the molecule is CCc1ccc2c(c1)C(N1CCN(C)CC1)Cc1ccccc1S2.CS(=O)(=O)O. The van der Waals surface area contributed by atoms with Crippen LogP contribution >= 0.6 is 11.8 Å². The van der Waals surface area contributed by atoms with Crippen LogP contribution in [0, 0.1) is 0 Å². The Bertz CT molecular complexity index is 931. The summed E-state index contributed by atoms with van der Waals surface area (Å²) in [6.07, 6.45) is 2.96. The third-order valence-electron chi connectivity index (χ3n) is 5.43. The maximum atomic E-state index is 9.19. The molecule has 0 amide bonds. The van der Waals surface area contributed by atoms with E-state index in [9.17, 15) is 8.42 Å². The van der Waals surface area contributed by atoms with E-state index in [1.54, 1.807) is 5.56 Å². The molecular formula is C22H30N2O3S2. The summed E-state index contributed by atoms with van der Waals surface area (Å²) < 4.78 is 25.9. The Kier molecular flexibility index (Phi) is 7.40. The number of hydrogen-bond donors (Lipinski definition) is 1. The van der Waals surface area contributed by atoms with E-state index in [4.69, 9.17) is 4.55 Å². The quantitative estimate of drug-likeness (QED) is 0.727. The molecular weight excluding hydrogens is 404 g/mol. The minimum Gasteiger partial charge on any atom is -0.304 e. The molecule has 2 heterocycles. The molecule has 29 heavy (non-hydrogen) atoms. The number of piperazine rings is 1. The standard InChI is InChI=1S/C21H26N2S.CH4O3S/c1-3-16-8-9-21-18(14-16)19(23-12-10-22(2)11-13-23)15-17-6-4-5-7-20(17)24-21;1-5(2,3)4/h4-9,14,19H,3,10-13,15H2,1-2H3;1H3,(H,2,3,4). The van der Waals surface area contributed by atoms with Gasteiger partial charge in [0.05, 0.1) is 6.26 Å². The van der Waals surface area contributed by atoms with Gasteiger partial charge in [0.2, 0.25) is 0 Å². The maximum Gasteiger partial charge on any atom is 0.261 e. The van der Waals surface area contributed by atoms with E-state index in [1.807, 2.05) is 11.8 Å². The number of rotatable bonds is 2. The second kappa shape index (κ2) is 9.62. The van der Waals surface area contributed by atoms with Crippen LogP contribution in [-0.2, 0) is 23.0 Å². The summed E-state index contributed by atoms with van der Waals surface area (Å²) in [4.78, 5) is 8.03. The van der Waals surface area contributed by atoms with Crippen molar-refractivity contribution in [2.75, 3.05) is 39.5 Å². The van der Waals surface area contributed by atoms with Gasteiger partial charge >= 0.3 is 0 Å². The van der Waals surface area contributed by atoms with Gasteiger partial charge in [-0.05, 0) is 48.7 Å². The molecule has 7 heteroatoms. The van der Waals surface area contributed by atoms with Crippen LogP contribution in [0.15, 0.2) is 52.3 Å². The molecule has 2 aliphatic rings. The fourth-order valence-electron chi connectivity index (χ4n) is 3.84. The van der Waals surface area contributed by atoms with Gasteiger partial charge in [0.1, 0.15) is 0 Å². The average Bonchev–Trinajstić information content (AvgIpc) is 2.83. The molecule has 4 rings (SSSR count). The van der Waals surface area contributed by atoms with Crippen molar-refractivity contribution in [3.63, 3.8) is 0 Å². The van der Waals surface area contributed by atoms with Crippen molar-refractivity contribution in [3.05, 3.63) is 59.2 Å². The Morgan fingerprint density at radius 2 is 1.72 bits per heavy atom. The van der Waals surface area contributed by atoms with E-state index in [0.717, 1.165) is 12.8 Å². The lowest BCUT2D eigenvalue weighted by Gasteiger charge is -2.38. The van der Waals surface area contributed by atoms with Gasteiger partial charge in [-0.3, -0.25) is 9.45 Å². The highest BCUT2D eigenvalue weighted by Gasteiger charge is 2.29. The van der Waals surface area contributed by atoms with Gasteiger partial charge in [0, 0.05) is 42.0 Å². The van der Waals surface area contributed by atoms with E-state index in [-0.39, 0.29) is 0 Å². The number of benzene rings is 2. The van der Waals surface area contributed by atoms with Crippen LogP contribution in [0.5, 0.6) is 0 Å². The first-order valence-electron chi connectivity index (χ1n) is 9.98. The van der Waals surface area contributed by atoms with E-state index in [2.05, 4.69) is 66.2 Å². The fraction of sp³-hybridized carbons (Fsp3) is 0.455. The van der Waals surface area contributed by atoms with Crippen LogP contribution in [0.3, 0.4) is 0 Å². The molecule has 0 aliphatic carbocycles. The van der Waals surface area contributed by atoms with E-state index < -0.39 is 10.1 Å². The van der Waals surface area contributed by atoms with Gasteiger partial charge < -0.3 is 4.90 Å². The second-order valence-electron chi connectivity index (χ2n) is 7.73. The van der Waals surface area contributed by atoms with Crippen molar-refractivity contribution in [2.45, 2.75) is 35.6 Å². The predicted molar refractivity (Wildman–Crippen MR) is 119 cm³/mol. The number of hydrogen-bond acceptors (Lipinski definition) is 5. The van der Waals surface area contributed by atoms with Gasteiger partial charge in [-0.1, -0.05) is 49.0 Å². The van der Waals surface area contributed by atoms with E-state index in [0.29, 0.717) is 12.3 Å². The first-order chi connectivity index (χ1) is 13.7. The first-order valence-corrected chi connectivity index (χ1v) is 12.6. The highest BCUT2D eigenvalue weighted by atomic mass is 32.2. The molecule has 1 atom stereocenters. The Labute approximate surface area is 178 Å². The molecule has 2 aromatic carbocycles. The van der Waals surface area contributed by atoms with Gasteiger partial charge in [0.25, 0.3) is 10.1 Å². The fourth-order valence-corrected chi connectivity index (χ4v) is 4.95. The largest absolute Gasteiger partial charge is 0.304 e. The summed E-state index contributed by atoms with van der Waals surface area (Å²) in [6, 6.07) is 16.6. The highest BCUT2D eigenvalue weighted by Crippen LogP contribution is 2.43. The molecule has 2 aromatic rings. The molecule has 0 saturated carbocycles. The molecule has 1 N–H and O–H groups in total. The summed E-state index contributed by atoms with van der Waals surface area (Å²) in [5, 5.41) is 0. The van der Waals surface area contributed by atoms with Crippen LogP contribution in [0.25, 0.3) is 0 Å². The van der Waals surface area contributed by atoms with Crippen molar-refractivity contribution in [3.8, 4) is 0 Å². The zero-order valence-electron chi connectivity index (χ0n) is 17.3. The van der Waals surface area contributed by atoms with E-state index >= 15 is 0 Å². The van der Waals surface area contributed by atoms with Crippen LogP contribution in [-0.4, -0.2) is 62.3 Å². The molecule has 0 spiro atoms. The molecule has 0 radical (unpaired) electrons. The Hall–Kier alpha value is -1.38. The number of fused-ring (bicyclic) bond motifs is 2. The lowest BCUT2D eigenvalue weighted by atomic mass is 9.95. The van der Waals surface area contributed by atoms with Crippen molar-refractivity contribution in [2.24, 2.45) is 0 Å². The molecule has 0 bridgehead atoms. The smallest absolute Gasteiger partial charge is 0.261 e. The lowest BCUT2D eigenvalue weighted by Crippen LogP contribution is -2.46. The van der Waals surface area contributed by atoms with Gasteiger partial charge in [-0.25, -0.2) is 0 Å². The number of nitrogens with zero attached hydrogens (tertiary/aromatic N) is 2. The Morgan fingerprint density at radius 1 is 1.07 bits per heavy atom. The number of likely N-dealkylation sites (N-methyl/N-ethyl adjacent to an activating group) is 1. The Morgan fingerprint density at radius 3 is 2.38 bits per heavy atom. The molecule has 2 aliphatic heterocycles. The monoisotopic (exact) mass is 434 g/mol. The molecule has 1 fully saturated rings.